The maximum absolute atomic E-state index is 13.5. The van der Waals surface area contributed by atoms with E-state index in [0.29, 0.717) is 5.75 Å². The molecule has 7 heteroatoms. The fourth-order valence-corrected chi connectivity index (χ4v) is 2.20. The molecule has 0 saturated carbocycles. The number of halogens is 1. The summed E-state index contributed by atoms with van der Waals surface area (Å²) in [6, 6.07) is 11.3. The predicted octanol–water partition coefficient (Wildman–Crippen LogP) is 2.77. The van der Waals surface area contributed by atoms with Crippen LogP contribution in [0.1, 0.15) is 18.1 Å². The number of nitrogens with one attached hydrogen (secondary N) is 2. The van der Waals surface area contributed by atoms with Crippen molar-refractivity contribution in [3.8, 4) is 11.5 Å². The minimum Gasteiger partial charge on any atom is -0.496 e. The van der Waals surface area contributed by atoms with Crippen molar-refractivity contribution in [1.82, 2.24) is 10.9 Å². The van der Waals surface area contributed by atoms with Gasteiger partial charge in [0.1, 0.15) is 5.75 Å². The highest BCUT2D eigenvalue weighted by molar-refractivity contribution is 5.93. The van der Waals surface area contributed by atoms with Crippen molar-refractivity contribution in [2.75, 3.05) is 7.11 Å². The molecule has 0 saturated heterocycles. The van der Waals surface area contributed by atoms with Crippen molar-refractivity contribution in [1.29, 1.82) is 0 Å². The normalized spacial score (nSPS) is 11.7. The molecular weight excluding hydrogens is 351 g/mol. The molecule has 142 valence electrons. The molecule has 0 aliphatic heterocycles. The Hall–Kier alpha value is -3.35. The standard InChI is InChI=1S/C20H21FN2O4/c1-13-8-10-17(26-3)15(12-13)9-11-19(24)22-23-20(25)14(2)27-18-7-5-4-6-16(18)21/h4-12,14H,1-3H3,(H,22,24)(H,23,25)/b11-9+. The zero-order valence-corrected chi connectivity index (χ0v) is 15.3. The molecule has 1 unspecified atom stereocenters. The summed E-state index contributed by atoms with van der Waals surface area (Å²) in [7, 11) is 1.54. The quantitative estimate of drug-likeness (QED) is 0.604. The molecule has 2 rings (SSSR count). The maximum atomic E-state index is 13.5. The number of carbonyl (C=O) groups excluding carboxylic acids is 2. The molecule has 0 heterocycles. The average molecular weight is 372 g/mol. The van der Waals surface area contributed by atoms with Crippen LogP contribution in [0.2, 0.25) is 0 Å². The van der Waals surface area contributed by atoms with Crippen LogP contribution in [0.5, 0.6) is 11.5 Å². The van der Waals surface area contributed by atoms with Gasteiger partial charge >= 0.3 is 0 Å². The lowest BCUT2D eigenvalue weighted by Gasteiger charge is -2.15. The highest BCUT2D eigenvalue weighted by Gasteiger charge is 2.16. The fourth-order valence-electron chi connectivity index (χ4n) is 2.20. The van der Waals surface area contributed by atoms with Crippen LogP contribution in [0.15, 0.2) is 48.5 Å². The van der Waals surface area contributed by atoms with Crippen molar-refractivity contribution < 1.29 is 23.5 Å². The van der Waals surface area contributed by atoms with Gasteiger partial charge in [0.25, 0.3) is 11.8 Å². The zero-order valence-electron chi connectivity index (χ0n) is 15.3. The Kier molecular flexibility index (Phi) is 6.93. The third-order valence-corrected chi connectivity index (χ3v) is 3.62. The second-order valence-electron chi connectivity index (χ2n) is 5.75. The summed E-state index contributed by atoms with van der Waals surface area (Å²) in [4.78, 5) is 23.9. The number of hydrazine groups is 1. The van der Waals surface area contributed by atoms with Crippen LogP contribution >= 0.6 is 0 Å². The van der Waals surface area contributed by atoms with Gasteiger partial charge in [0, 0.05) is 11.6 Å². The molecule has 2 aromatic carbocycles. The number of carbonyl (C=O) groups is 2. The van der Waals surface area contributed by atoms with Gasteiger partial charge in [0.05, 0.1) is 7.11 Å². The van der Waals surface area contributed by atoms with Crippen LogP contribution in [-0.2, 0) is 9.59 Å². The molecule has 6 nitrogen and oxygen atoms in total. The molecule has 0 radical (unpaired) electrons. The zero-order chi connectivity index (χ0) is 19.8. The molecule has 0 bridgehead atoms. The van der Waals surface area contributed by atoms with Crippen LogP contribution in [0.3, 0.4) is 0 Å². The number of amides is 2. The van der Waals surface area contributed by atoms with E-state index in [9.17, 15) is 14.0 Å². The largest absolute Gasteiger partial charge is 0.496 e. The fraction of sp³-hybridized carbons (Fsp3) is 0.200. The van der Waals surface area contributed by atoms with Gasteiger partial charge in [-0.1, -0.05) is 23.8 Å². The van der Waals surface area contributed by atoms with Crippen molar-refractivity contribution >= 4 is 17.9 Å². The summed E-state index contributed by atoms with van der Waals surface area (Å²) < 4.78 is 24.0. The van der Waals surface area contributed by atoms with E-state index in [2.05, 4.69) is 10.9 Å². The number of benzene rings is 2. The Morgan fingerprint density at radius 1 is 1.11 bits per heavy atom. The lowest BCUT2D eigenvalue weighted by Crippen LogP contribution is -2.46. The smallest absolute Gasteiger partial charge is 0.279 e. The summed E-state index contributed by atoms with van der Waals surface area (Å²) in [5.41, 5.74) is 6.22. The summed E-state index contributed by atoms with van der Waals surface area (Å²) in [6.45, 7) is 3.37. The molecule has 27 heavy (non-hydrogen) atoms. The van der Waals surface area contributed by atoms with Crippen molar-refractivity contribution in [3.63, 3.8) is 0 Å². The first-order valence-electron chi connectivity index (χ1n) is 8.24. The van der Waals surface area contributed by atoms with E-state index in [-0.39, 0.29) is 5.75 Å². The van der Waals surface area contributed by atoms with Crippen LogP contribution < -0.4 is 20.3 Å². The summed E-state index contributed by atoms with van der Waals surface area (Å²) in [6.07, 6.45) is 1.84. The van der Waals surface area contributed by atoms with Crippen LogP contribution in [0.4, 0.5) is 4.39 Å². The third-order valence-electron chi connectivity index (χ3n) is 3.62. The van der Waals surface area contributed by atoms with Crippen molar-refractivity contribution in [2.45, 2.75) is 20.0 Å². The molecule has 0 fully saturated rings. The SMILES string of the molecule is COc1ccc(C)cc1/C=C/C(=O)NNC(=O)C(C)Oc1ccccc1F. The Bertz CT molecular complexity index is 852. The van der Waals surface area contributed by atoms with Crippen LogP contribution in [-0.4, -0.2) is 25.0 Å². The first kappa shape index (κ1) is 20.0. The van der Waals surface area contributed by atoms with Gasteiger partial charge in [-0.25, -0.2) is 4.39 Å². The number of ether oxygens (including phenoxy) is 2. The molecule has 2 aromatic rings. The van der Waals surface area contributed by atoms with Crippen molar-refractivity contribution in [3.05, 3.63) is 65.5 Å². The van der Waals surface area contributed by atoms with E-state index in [0.717, 1.165) is 11.1 Å². The lowest BCUT2D eigenvalue weighted by atomic mass is 10.1. The molecule has 0 aliphatic carbocycles. The number of aryl methyl sites for hydroxylation is 1. The van der Waals surface area contributed by atoms with E-state index >= 15 is 0 Å². The Balaban J connectivity index is 1.88. The molecule has 0 aliphatic rings. The Morgan fingerprint density at radius 3 is 2.56 bits per heavy atom. The van der Waals surface area contributed by atoms with Gasteiger partial charge < -0.3 is 9.47 Å². The van der Waals surface area contributed by atoms with Crippen LogP contribution in [0, 0.1) is 12.7 Å². The minimum absolute atomic E-state index is 0.0436. The third kappa shape index (κ3) is 5.85. The number of methoxy groups -OCH3 is 1. The van der Waals surface area contributed by atoms with Gasteiger partial charge in [0.2, 0.25) is 0 Å². The average Bonchev–Trinajstić information content (AvgIpc) is 2.66. The summed E-state index contributed by atoms with van der Waals surface area (Å²) >= 11 is 0. The lowest BCUT2D eigenvalue weighted by molar-refractivity contribution is -0.131. The second-order valence-corrected chi connectivity index (χ2v) is 5.75. The van der Waals surface area contributed by atoms with Gasteiger partial charge in [0.15, 0.2) is 17.7 Å². The highest BCUT2D eigenvalue weighted by atomic mass is 19.1. The van der Waals surface area contributed by atoms with Crippen molar-refractivity contribution in [2.24, 2.45) is 0 Å². The molecule has 1 atom stereocenters. The number of hydrogen-bond acceptors (Lipinski definition) is 4. The van der Waals surface area contributed by atoms with E-state index in [1.54, 1.807) is 25.3 Å². The van der Waals surface area contributed by atoms with Crippen LogP contribution in [0.25, 0.3) is 6.08 Å². The molecule has 0 aromatic heterocycles. The summed E-state index contributed by atoms with van der Waals surface area (Å²) in [5, 5.41) is 0. The van der Waals surface area contributed by atoms with E-state index in [4.69, 9.17) is 9.47 Å². The first-order chi connectivity index (χ1) is 12.9. The molecular formula is C20H21FN2O4. The first-order valence-corrected chi connectivity index (χ1v) is 8.24. The number of hydrogen-bond donors (Lipinski definition) is 2. The number of rotatable bonds is 6. The Labute approximate surface area is 157 Å². The monoisotopic (exact) mass is 372 g/mol. The Morgan fingerprint density at radius 2 is 1.85 bits per heavy atom. The highest BCUT2D eigenvalue weighted by Crippen LogP contribution is 2.21. The van der Waals surface area contributed by atoms with Gasteiger partial charge in [-0.2, -0.15) is 0 Å². The molecule has 2 N–H and O–H groups in total. The molecule has 0 spiro atoms. The van der Waals surface area contributed by atoms with Gasteiger partial charge in [-0.05, 0) is 44.2 Å². The van der Waals surface area contributed by atoms with E-state index < -0.39 is 23.7 Å². The topological polar surface area (TPSA) is 76.7 Å². The van der Waals surface area contributed by atoms with Gasteiger partial charge in [-0.3, -0.25) is 20.4 Å². The van der Waals surface area contributed by atoms with Gasteiger partial charge in [-0.15, -0.1) is 0 Å². The molecule has 2 amide bonds. The summed E-state index contributed by atoms with van der Waals surface area (Å²) in [5.74, 6) is -1.15. The number of para-hydroxylation sites is 1. The second kappa shape index (κ2) is 9.38. The van der Waals surface area contributed by atoms with E-state index in [1.165, 1.54) is 31.2 Å². The minimum atomic E-state index is -0.997. The maximum Gasteiger partial charge on any atom is 0.279 e. The van der Waals surface area contributed by atoms with E-state index in [1.807, 2.05) is 19.1 Å². The predicted molar refractivity (Wildman–Crippen MR) is 99.5 cm³/mol.